The van der Waals surface area contributed by atoms with Gasteiger partial charge >= 0.3 is 0 Å². The minimum atomic E-state index is -0.467. The number of rotatable bonds is 5. The van der Waals surface area contributed by atoms with Crippen LogP contribution in [0, 0.1) is 0 Å². The zero-order valence-corrected chi connectivity index (χ0v) is 13.8. The van der Waals surface area contributed by atoms with Crippen LogP contribution in [0.4, 0.5) is 0 Å². The van der Waals surface area contributed by atoms with Crippen LogP contribution in [-0.4, -0.2) is 23.8 Å². The Kier molecular flexibility index (Phi) is 4.95. The van der Waals surface area contributed by atoms with Crippen molar-refractivity contribution in [3.63, 3.8) is 0 Å². The number of phenols is 1. The standard InChI is InChI=1S/C20H18N2O3/c1-2-25-16-10-7-14(8-11-16)13-21-22-20(24)18-12-9-15-5-3-4-6-17(15)19(18)23/h3-13,23H,2H2,1H3,(H,22,24)/b21-13-. The van der Waals surface area contributed by atoms with Crippen molar-refractivity contribution in [1.82, 2.24) is 5.43 Å². The summed E-state index contributed by atoms with van der Waals surface area (Å²) < 4.78 is 5.37. The lowest BCUT2D eigenvalue weighted by molar-refractivity contribution is 0.0952. The van der Waals surface area contributed by atoms with Gasteiger partial charge in [-0.25, -0.2) is 5.43 Å². The zero-order chi connectivity index (χ0) is 17.6. The van der Waals surface area contributed by atoms with Crippen LogP contribution in [0.5, 0.6) is 11.5 Å². The lowest BCUT2D eigenvalue weighted by atomic mass is 10.1. The van der Waals surface area contributed by atoms with Gasteiger partial charge in [0, 0.05) is 5.39 Å². The predicted octanol–water partition coefficient (Wildman–Crippen LogP) is 3.71. The Balaban J connectivity index is 1.71. The first-order chi connectivity index (χ1) is 12.2. The van der Waals surface area contributed by atoms with Crippen LogP contribution < -0.4 is 10.2 Å². The second-order valence-electron chi connectivity index (χ2n) is 5.38. The molecule has 2 N–H and O–H groups in total. The number of nitrogens with zero attached hydrogens (tertiary/aromatic N) is 1. The summed E-state index contributed by atoms with van der Waals surface area (Å²) in [6.07, 6.45) is 1.53. The molecule has 0 spiro atoms. The first-order valence-electron chi connectivity index (χ1n) is 7.96. The molecule has 3 rings (SSSR count). The summed E-state index contributed by atoms with van der Waals surface area (Å²) in [6.45, 7) is 2.53. The fraction of sp³-hybridized carbons (Fsp3) is 0.100. The third-order valence-electron chi connectivity index (χ3n) is 3.72. The third kappa shape index (κ3) is 3.77. The Morgan fingerprint density at radius 2 is 1.88 bits per heavy atom. The van der Waals surface area contributed by atoms with E-state index < -0.39 is 5.91 Å². The van der Waals surface area contributed by atoms with Crippen LogP contribution in [0.15, 0.2) is 65.8 Å². The molecule has 3 aromatic rings. The van der Waals surface area contributed by atoms with Gasteiger partial charge in [-0.15, -0.1) is 0 Å². The monoisotopic (exact) mass is 334 g/mol. The molecule has 0 unspecified atom stereocenters. The van der Waals surface area contributed by atoms with E-state index in [1.165, 1.54) is 6.21 Å². The van der Waals surface area contributed by atoms with Gasteiger partial charge in [-0.2, -0.15) is 5.10 Å². The van der Waals surface area contributed by atoms with Gasteiger partial charge in [0.2, 0.25) is 0 Å². The maximum absolute atomic E-state index is 12.2. The molecule has 5 heteroatoms. The first kappa shape index (κ1) is 16.5. The number of ether oxygens (including phenoxy) is 1. The van der Waals surface area contributed by atoms with Crippen molar-refractivity contribution in [2.24, 2.45) is 5.10 Å². The smallest absolute Gasteiger partial charge is 0.275 e. The van der Waals surface area contributed by atoms with E-state index in [0.717, 1.165) is 16.7 Å². The van der Waals surface area contributed by atoms with Gasteiger partial charge in [0.15, 0.2) is 0 Å². The van der Waals surface area contributed by atoms with Gasteiger partial charge in [-0.1, -0.05) is 30.3 Å². The Labute approximate surface area is 145 Å². The van der Waals surface area contributed by atoms with E-state index in [0.29, 0.717) is 12.0 Å². The zero-order valence-electron chi connectivity index (χ0n) is 13.8. The molecule has 0 aliphatic rings. The molecule has 0 saturated carbocycles. The normalized spacial score (nSPS) is 10.9. The predicted molar refractivity (Wildman–Crippen MR) is 98.3 cm³/mol. The van der Waals surface area contributed by atoms with E-state index in [1.807, 2.05) is 49.4 Å². The molecule has 0 aliphatic carbocycles. The molecule has 0 aliphatic heterocycles. The van der Waals surface area contributed by atoms with Crippen LogP contribution in [0.3, 0.4) is 0 Å². The first-order valence-corrected chi connectivity index (χ1v) is 7.96. The fourth-order valence-corrected chi connectivity index (χ4v) is 2.48. The van der Waals surface area contributed by atoms with Crippen LogP contribution in [0.2, 0.25) is 0 Å². The second-order valence-corrected chi connectivity index (χ2v) is 5.38. The van der Waals surface area contributed by atoms with Crippen LogP contribution in [0.25, 0.3) is 10.8 Å². The van der Waals surface area contributed by atoms with Crippen LogP contribution >= 0.6 is 0 Å². The number of carbonyl (C=O) groups excluding carboxylic acids is 1. The fourth-order valence-electron chi connectivity index (χ4n) is 2.48. The molecule has 3 aromatic carbocycles. The van der Waals surface area contributed by atoms with Crippen LogP contribution in [-0.2, 0) is 0 Å². The summed E-state index contributed by atoms with van der Waals surface area (Å²) in [6, 6.07) is 18.1. The maximum Gasteiger partial charge on any atom is 0.275 e. The van der Waals surface area contributed by atoms with Crippen molar-refractivity contribution < 1.29 is 14.6 Å². The quantitative estimate of drug-likeness (QED) is 0.552. The number of carbonyl (C=O) groups is 1. The highest BCUT2D eigenvalue weighted by Crippen LogP contribution is 2.28. The van der Waals surface area contributed by atoms with Crippen molar-refractivity contribution in [3.8, 4) is 11.5 Å². The van der Waals surface area contributed by atoms with Gasteiger partial charge in [0.25, 0.3) is 5.91 Å². The molecular weight excluding hydrogens is 316 g/mol. The lowest BCUT2D eigenvalue weighted by Crippen LogP contribution is -2.17. The van der Waals surface area contributed by atoms with E-state index in [-0.39, 0.29) is 11.3 Å². The minimum Gasteiger partial charge on any atom is -0.506 e. The Bertz CT molecular complexity index is 918. The van der Waals surface area contributed by atoms with Crippen molar-refractivity contribution in [3.05, 3.63) is 71.8 Å². The van der Waals surface area contributed by atoms with E-state index in [2.05, 4.69) is 10.5 Å². The molecular formula is C20H18N2O3. The van der Waals surface area contributed by atoms with E-state index >= 15 is 0 Å². The van der Waals surface area contributed by atoms with Gasteiger partial charge in [0.05, 0.1) is 18.4 Å². The minimum absolute atomic E-state index is 0.0492. The molecule has 5 nitrogen and oxygen atoms in total. The number of amides is 1. The Hall–Kier alpha value is -3.34. The van der Waals surface area contributed by atoms with Crippen molar-refractivity contribution in [2.45, 2.75) is 6.92 Å². The van der Waals surface area contributed by atoms with E-state index in [1.54, 1.807) is 18.2 Å². The number of hydrazone groups is 1. The average molecular weight is 334 g/mol. The number of hydrogen-bond acceptors (Lipinski definition) is 4. The van der Waals surface area contributed by atoms with Crippen LogP contribution in [0.1, 0.15) is 22.8 Å². The molecule has 25 heavy (non-hydrogen) atoms. The van der Waals surface area contributed by atoms with Crippen molar-refractivity contribution >= 4 is 22.9 Å². The number of fused-ring (bicyclic) bond motifs is 1. The Morgan fingerprint density at radius 1 is 1.12 bits per heavy atom. The molecule has 0 saturated heterocycles. The van der Waals surface area contributed by atoms with Crippen molar-refractivity contribution in [2.75, 3.05) is 6.61 Å². The summed E-state index contributed by atoms with van der Waals surface area (Å²) in [5, 5.41) is 15.7. The molecule has 0 bridgehead atoms. The number of aromatic hydroxyl groups is 1. The van der Waals surface area contributed by atoms with E-state index in [9.17, 15) is 9.90 Å². The van der Waals surface area contributed by atoms with Gasteiger partial charge in [0.1, 0.15) is 11.5 Å². The molecule has 1 amide bonds. The topological polar surface area (TPSA) is 70.9 Å². The summed E-state index contributed by atoms with van der Waals surface area (Å²) in [7, 11) is 0. The third-order valence-corrected chi connectivity index (χ3v) is 3.72. The highest BCUT2D eigenvalue weighted by atomic mass is 16.5. The molecule has 0 radical (unpaired) electrons. The van der Waals surface area contributed by atoms with Gasteiger partial charge in [-0.05, 0) is 48.2 Å². The molecule has 0 atom stereocenters. The van der Waals surface area contributed by atoms with Gasteiger partial charge < -0.3 is 9.84 Å². The molecule has 126 valence electrons. The SMILES string of the molecule is CCOc1ccc(/C=N\NC(=O)c2ccc3ccccc3c2O)cc1. The number of benzene rings is 3. The summed E-state index contributed by atoms with van der Waals surface area (Å²) in [5.41, 5.74) is 3.44. The molecule has 0 heterocycles. The summed E-state index contributed by atoms with van der Waals surface area (Å²) >= 11 is 0. The highest BCUT2D eigenvalue weighted by molar-refractivity contribution is 6.03. The van der Waals surface area contributed by atoms with E-state index in [4.69, 9.17) is 4.74 Å². The maximum atomic E-state index is 12.2. The number of phenolic OH excluding ortho intramolecular Hbond substituents is 1. The number of hydrogen-bond donors (Lipinski definition) is 2. The molecule has 0 fully saturated rings. The largest absolute Gasteiger partial charge is 0.506 e. The summed E-state index contributed by atoms with van der Waals surface area (Å²) in [4.78, 5) is 12.2. The van der Waals surface area contributed by atoms with Crippen molar-refractivity contribution in [1.29, 1.82) is 0 Å². The highest BCUT2D eigenvalue weighted by Gasteiger charge is 2.12. The molecule has 0 aromatic heterocycles. The van der Waals surface area contributed by atoms with Gasteiger partial charge in [-0.3, -0.25) is 4.79 Å². The lowest BCUT2D eigenvalue weighted by Gasteiger charge is -2.06. The summed E-state index contributed by atoms with van der Waals surface area (Å²) in [5.74, 6) is 0.266. The second kappa shape index (κ2) is 7.49. The Morgan fingerprint density at radius 3 is 2.64 bits per heavy atom. The number of nitrogens with one attached hydrogen (secondary N) is 1. The average Bonchev–Trinajstić information content (AvgIpc) is 2.64.